The van der Waals surface area contributed by atoms with Crippen LogP contribution in [0.4, 0.5) is 0 Å². The van der Waals surface area contributed by atoms with Gasteiger partial charge in [0.1, 0.15) is 12.1 Å². The van der Waals surface area contributed by atoms with E-state index in [1.807, 2.05) is 65.7 Å². The van der Waals surface area contributed by atoms with Gasteiger partial charge in [-0.1, -0.05) is 157 Å². The van der Waals surface area contributed by atoms with Gasteiger partial charge in [-0.15, -0.1) is 0 Å². The molecule has 0 saturated heterocycles. The molecule has 60 heavy (non-hydrogen) atoms. The summed E-state index contributed by atoms with van der Waals surface area (Å²) >= 11 is 0. The zero-order valence-electron chi connectivity index (χ0n) is 41.4. The Morgan fingerprint density at radius 1 is 0.383 bits per heavy atom. The van der Waals surface area contributed by atoms with Gasteiger partial charge >= 0.3 is 0 Å². The van der Waals surface area contributed by atoms with Crippen molar-refractivity contribution in [3.8, 4) is 0 Å². The summed E-state index contributed by atoms with van der Waals surface area (Å²) in [4.78, 5) is 62.5. The second kappa shape index (κ2) is 38.5. The van der Waals surface area contributed by atoms with Crippen molar-refractivity contribution in [3.63, 3.8) is 0 Å². The predicted molar refractivity (Wildman–Crippen MR) is 255 cm³/mol. The Balaban J connectivity index is 4.98. The zero-order chi connectivity index (χ0) is 45.0. The average molecular weight is 849 g/mol. The highest BCUT2D eigenvalue weighted by atomic mass is 16.2. The van der Waals surface area contributed by atoms with E-state index in [2.05, 4.69) is 34.3 Å². The minimum Gasteiger partial charge on any atom is -0.354 e. The summed E-state index contributed by atoms with van der Waals surface area (Å²) in [6.45, 7) is 16.8. The second-order valence-corrected chi connectivity index (χ2v) is 19.0. The maximum atomic E-state index is 13.6. The Hall–Kier alpha value is -2.20. The van der Waals surface area contributed by atoms with Gasteiger partial charge < -0.3 is 30.2 Å². The molecule has 0 aliphatic carbocycles. The Kier molecular flexibility index (Phi) is 37.1. The Labute approximate surface area is 371 Å². The van der Waals surface area contributed by atoms with Gasteiger partial charge in [-0.25, -0.2) is 0 Å². The van der Waals surface area contributed by atoms with Crippen molar-refractivity contribution in [2.24, 2.45) is 11.8 Å². The van der Waals surface area contributed by atoms with E-state index in [-0.39, 0.29) is 35.5 Å². The molecule has 10 heteroatoms. The van der Waals surface area contributed by atoms with Crippen LogP contribution >= 0.6 is 0 Å². The van der Waals surface area contributed by atoms with Gasteiger partial charge in [0.25, 0.3) is 0 Å². The maximum absolute atomic E-state index is 13.6. The first kappa shape index (κ1) is 57.8. The predicted octanol–water partition coefficient (Wildman–Crippen LogP) is 10.2. The van der Waals surface area contributed by atoms with Gasteiger partial charge in [0.2, 0.25) is 23.6 Å². The molecule has 0 aromatic rings. The lowest BCUT2D eigenvalue weighted by molar-refractivity contribution is -0.142. The smallest absolute Gasteiger partial charge is 0.243 e. The first-order valence-electron chi connectivity index (χ1n) is 25.2. The molecule has 2 atom stereocenters. The van der Waals surface area contributed by atoms with Gasteiger partial charge in [-0.2, -0.15) is 0 Å². The highest BCUT2D eigenvalue weighted by molar-refractivity contribution is 5.88. The minimum absolute atomic E-state index is 0.0174. The molecular formula is C50H100N6O4. The summed E-state index contributed by atoms with van der Waals surface area (Å²) in [5.41, 5.74) is 0. The van der Waals surface area contributed by atoms with Crippen LogP contribution in [0.5, 0.6) is 0 Å². The quantitative estimate of drug-likeness (QED) is 0.0594. The fraction of sp³-hybridized carbons (Fsp3) is 0.920. The number of hydrogen-bond acceptors (Lipinski definition) is 6. The molecule has 0 aliphatic rings. The number of unbranched alkanes of at least 4 members (excludes halogenated alkanes) is 19. The van der Waals surface area contributed by atoms with Crippen molar-refractivity contribution in [1.82, 2.24) is 30.2 Å². The van der Waals surface area contributed by atoms with E-state index in [0.29, 0.717) is 39.0 Å². The molecule has 0 aromatic carbocycles. The number of hydrogen-bond donors (Lipinski definition) is 2. The molecule has 0 aromatic heterocycles. The molecule has 0 spiro atoms. The molecule has 0 fully saturated rings. The Morgan fingerprint density at radius 3 is 0.950 bits per heavy atom. The van der Waals surface area contributed by atoms with E-state index in [4.69, 9.17) is 0 Å². The van der Waals surface area contributed by atoms with Crippen molar-refractivity contribution in [2.75, 3.05) is 67.5 Å². The summed E-state index contributed by atoms with van der Waals surface area (Å²) < 4.78 is 0. The number of carbonyl (C=O) groups excluding carboxylic acids is 4. The van der Waals surface area contributed by atoms with Crippen LogP contribution in [0.3, 0.4) is 0 Å². The zero-order valence-corrected chi connectivity index (χ0v) is 41.4. The molecular weight excluding hydrogens is 749 g/mol. The van der Waals surface area contributed by atoms with Crippen molar-refractivity contribution in [3.05, 3.63) is 0 Å². The van der Waals surface area contributed by atoms with Crippen molar-refractivity contribution in [1.29, 1.82) is 0 Å². The van der Waals surface area contributed by atoms with Crippen LogP contribution in [0.1, 0.15) is 208 Å². The van der Waals surface area contributed by atoms with E-state index in [0.717, 1.165) is 77.3 Å². The summed E-state index contributed by atoms with van der Waals surface area (Å²) in [6.07, 6.45) is 28.1. The van der Waals surface area contributed by atoms with E-state index in [9.17, 15) is 19.2 Å². The molecule has 354 valence electrons. The number of nitrogens with zero attached hydrogens (tertiary/aromatic N) is 4. The highest BCUT2D eigenvalue weighted by Gasteiger charge is 2.33. The second-order valence-electron chi connectivity index (χ2n) is 19.0. The first-order chi connectivity index (χ1) is 28.8. The number of nitrogens with one attached hydrogen (secondary N) is 2. The third-order valence-corrected chi connectivity index (χ3v) is 11.8. The maximum Gasteiger partial charge on any atom is 0.243 e. The lowest BCUT2D eigenvalue weighted by Gasteiger charge is -2.34. The third-order valence-electron chi connectivity index (χ3n) is 11.8. The summed E-state index contributed by atoms with van der Waals surface area (Å²) in [6, 6.07) is -0.941. The Morgan fingerprint density at radius 2 is 0.667 bits per heavy atom. The van der Waals surface area contributed by atoms with Crippen LogP contribution in [0.25, 0.3) is 0 Å². The molecule has 0 heterocycles. The van der Waals surface area contributed by atoms with Crippen LogP contribution in [0.15, 0.2) is 0 Å². The van der Waals surface area contributed by atoms with Crippen molar-refractivity contribution >= 4 is 23.6 Å². The number of amides is 4. The first-order valence-corrected chi connectivity index (χ1v) is 25.2. The molecule has 0 radical (unpaired) electrons. The number of carbonyl (C=O) groups is 4. The van der Waals surface area contributed by atoms with E-state index in [1.54, 1.807) is 0 Å². The fourth-order valence-electron chi connectivity index (χ4n) is 8.26. The molecule has 0 bridgehead atoms. The SMILES string of the molecule is CCCCCCCCCCCC(=O)N(CCCN(C)C)C(C(=O)NCCCCCCNC(=O)C(C(C)C)N(CCCN(C)C)C(=O)CCCCCCCCCCC)C(C)C. The van der Waals surface area contributed by atoms with Crippen molar-refractivity contribution in [2.45, 2.75) is 221 Å². The van der Waals surface area contributed by atoms with Crippen LogP contribution in [0, 0.1) is 11.8 Å². The fourth-order valence-corrected chi connectivity index (χ4v) is 8.26. The van der Waals surface area contributed by atoms with Crippen LogP contribution in [-0.4, -0.2) is 123 Å². The molecule has 4 amide bonds. The Bertz CT molecular complexity index is 985. The third kappa shape index (κ3) is 29.9. The van der Waals surface area contributed by atoms with Gasteiger partial charge in [-0.05, 0) is 91.6 Å². The lowest BCUT2D eigenvalue weighted by atomic mass is 9.99. The van der Waals surface area contributed by atoms with Crippen LogP contribution in [-0.2, 0) is 19.2 Å². The molecule has 10 nitrogen and oxygen atoms in total. The topological polar surface area (TPSA) is 105 Å². The summed E-state index contributed by atoms with van der Waals surface area (Å²) in [5, 5.41) is 6.33. The van der Waals surface area contributed by atoms with E-state index < -0.39 is 12.1 Å². The number of rotatable bonds is 41. The molecule has 2 N–H and O–H groups in total. The molecule has 0 aliphatic heterocycles. The van der Waals surface area contributed by atoms with Gasteiger partial charge in [0, 0.05) is 39.0 Å². The molecule has 0 saturated carbocycles. The average Bonchev–Trinajstić information content (AvgIpc) is 3.18. The minimum atomic E-state index is -0.471. The normalized spacial score (nSPS) is 12.7. The van der Waals surface area contributed by atoms with Gasteiger partial charge in [-0.3, -0.25) is 19.2 Å². The van der Waals surface area contributed by atoms with Gasteiger partial charge in [0.15, 0.2) is 0 Å². The van der Waals surface area contributed by atoms with E-state index >= 15 is 0 Å². The molecule has 0 rings (SSSR count). The summed E-state index contributed by atoms with van der Waals surface area (Å²) in [5.74, 6) is 0.140. The van der Waals surface area contributed by atoms with Crippen LogP contribution in [0.2, 0.25) is 0 Å². The highest BCUT2D eigenvalue weighted by Crippen LogP contribution is 2.19. The monoisotopic (exact) mass is 849 g/mol. The molecule has 2 unspecified atom stereocenters. The van der Waals surface area contributed by atoms with E-state index in [1.165, 1.54) is 89.9 Å². The lowest BCUT2D eigenvalue weighted by Crippen LogP contribution is -2.53. The van der Waals surface area contributed by atoms with Crippen molar-refractivity contribution < 1.29 is 19.2 Å². The van der Waals surface area contributed by atoms with Gasteiger partial charge in [0.05, 0.1) is 0 Å². The standard InChI is InChI=1S/C50H100N6O4/c1-11-13-15-17-19-21-23-25-29-35-45(57)55(41-33-39-53(7)8)47(43(3)4)49(59)51-37-31-27-28-32-38-52-50(60)48(44(5)6)56(42-34-40-54(9)10)46(58)36-30-26-24-22-20-18-16-14-12-2/h43-44,47-48H,11-42H2,1-10H3,(H,51,59)(H,52,60). The largest absolute Gasteiger partial charge is 0.354 e. The summed E-state index contributed by atoms with van der Waals surface area (Å²) in [7, 11) is 8.17. The van der Waals surface area contributed by atoms with Crippen LogP contribution < -0.4 is 10.6 Å².